The number of hydrogen-bond acceptors (Lipinski definition) is 4. The van der Waals surface area contributed by atoms with Crippen molar-refractivity contribution < 1.29 is 9.21 Å². The molecule has 0 aliphatic carbocycles. The third-order valence-corrected chi connectivity index (χ3v) is 5.75. The highest BCUT2D eigenvalue weighted by molar-refractivity contribution is 7.99. The van der Waals surface area contributed by atoms with Crippen molar-refractivity contribution in [2.24, 2.45) is 0 Å². The summed E-state index contributed by atoms with van der Waals surface area (Å²) in [5.41, 5.74) is 0.840. The van der Waals surface area contributed by atoms with Gasteiger partial charge in [0.2, 0.25) is 5.91 Å². The van der Waals surface area contributed by atoms with Crippen LogP contribution < -0.4 is 5.32 Å². The first-order valence-corrected chi connectivity index (χ1v) is 9.56. The number of fused-ring (bicyclic) bond motifs is 1. The largest absolute Gasteiger partial charge is 0.459 e. The summed E-state index contributed by atoms with van der Waals surface area (Å²) >= 11 is 9.02. The van der Waals surface area contributed by atoms with Crippen LogP contribution >= 0.6 is 34.7 Å². The molecule has 1 unspecified atom stereocenters. The molecule has 0 aliphatic rings. The number of thioether (sulfide) groups is 1. The van der Waals surface area contributed by atoms with E-state index in [1.165, 1.54) is 4.88 Å². The molecule has 2 aromatic heterocycles. The van der Waals surface area contributed by atoms with Crippen LogP contribution in [0.2, 0.25) is 4.34 Å². The summed E-state index contributed by atoms with van der Waals surface area (Å²) in [5, 5.41) is 4.02. The van der Waals surface area contributed by atoms with Gasteiger partial charge in [-0.3, -0.25) is 4.79 Å². The van der Waals surface area contributed by atoms with Crippen molar-refractivity contribution >= 4 is 51.6 Å². The van der Waals surface area contributed by atoms with Crippen LogP contribution in [0.25, 0.3) is 11.0 Å². The Hall–Kier alpha value is -1.43. The quantitative estimate of drug-likeness (QED) is 0.648. The number of para-hydroxylation sites is 1. The summed E-state index contributed by atoms with van der Waals surface area (Å²) in [4.78, 5) is 13.2. The molecule has 0 fully saturated rings. The van der Waals surface area contributed by atoms with Crippen molar-refractivity contribution in [3.8, 4) is 0 Å². The molecule has 0 saturated carbocycles. The van der Waals surface area contributed by atoms with Gasteiger partial charge in [-0.25, -0.2) is 0 Å². The number of hydrogen-bond donors (Lipinski definition) is 1. The SMILES string of the molecule is CC(NC(=O)CSCc1ccc(Cl)s1)c1cc2ccccc2o1. The second-order valence-corrected chi connectivity index (χ2v) is 7.96. The van der Waals surface area contributed by atoms with E-state index in [2.05, 4.69) is 5.32 Å². The fourth-order valence-electron chi connectivity index (χ4n) is 2.24. The number of carbonyl (C=O) groups is 1. The highest BCUT2D eigenvalue weighted by Gasteiger charge is 2.14. The molecule has 0 aliphatic heterocycles. The van der Waals surface area contributed by atoms with Crippen LogP contribution in [0.4, 0.5) is 0 Å². The first-order valence-electron chi connectivity index (χ1n) is 7.21. The smallest absolute Gasteiger partial charge is 0.230 e. The molecule has 0 bridgehead atoms. The molecule has 2 heterocycles. The van der Waals surface area contributed by atoms with Gasteiger partial charge in [-0.1, -0.05) is 29.8 Å². The average molecular weight is 366 g/mol. The summed E-state index contributed by atoms with van der Waals surface area (Å²) in [6.45, 7) is 1.93. The van der Waals surface area contributed by atoms with Gasteiger partial charge in [-0.05, 0) is 31.2 Å². The molecule has 1 atom stereocenters. The Balaban J connectivity index is 1.50. The van der Waals surface area contributed by atoms with E-state index < -0.39 is 0 Å². The molecule has 1 N–H and O–H groups in total. The molecule has 120 valence electrons. The molecular formula is C17H16ClNO2S2. The molecule has 3 rings (SSSR count). The third-order valence-electron chi connectivity index (χ3n) is 3.36. The number of rotatable bonds is 6. The van der Waals surface area contributed by atoms with Crippen molar-refractivity contribution in [1.82, 2.24) is 5.32 Å². The predicted octanol–water partition coefficient (Wildman–Crippen LogP) is 5.26. The monoisotopic (exact) mass is 365 g/mol. The summed E-state index contributed by atoms with van der Waals surface area (Å²) < 4.78 is 6.55. The van der Waals surface area contributed by atoms with Gasteiger partial charge in [-0.15, -0.1) is 23.1 Å². The lowest BCUT2D eigenvalue weighted by molar-refractivity contribution is -0.119. The Morgan fingerprint density at radius 2 is 2.17 bits per heavy atom. The van der Waals surface area contributed by atoms with Gasteiger partial charge in [0.15, 0.2) is 0 Å². The summed E-state index contributed by atoms with van der Waals surface area (Å²) in [6, 6.07) is 13.5. The summed E-state index contributed by atoms with van der Waals surface area (Å²) in [6.07, 6.45) is 0. The molecule has 0 radical (unpaired) electrons. The second-order valence-electron chi connectivity index (χ2n) is 5.17. The van der Waals surface area contributed by atoms with Crippen molar-refractivity contribution in [3.05, 3.63) is 57.4 Å². The number of halogens is 1. The predicted molar refractivity (Wildman–Crippen MR) is 98.3 cm³/mol. The summed E-state index contributed by atoms with van der Waals surface area (Å²) in [7, 11) is 0. The first-order chi connectivity index (χ1) is 11.1. The van der Waals surface area contributed by atoms with Crippen LogP contribution in [0.1, 0.15) is 23.6 Å². The number of amides is 1. The van der Waals surface area contributed by atoms with Gasteiger partial charge in [0, 0.05) is 16.0 Å². The lowest BCUT2D eigenvalue weighted by atomic mass is 10.2. The van der Waals surface area contributed by atoms with E-state index in [9.17, 15) is 4.79 Å². The fraction of sp³-hybridized carbons (Fsp3) is 0.235. The fourth-order valence-corrected chi connectivity index (χ4v) is 4.28. The molecule has 0 saturated heterocycles. The third kappa shape index (κ3) is 4.31. The minimum Gasteiger partial charge on any atom is -0.459 e. The number of thiophene rings is 1. The van der Waals surface area contributed by atoms with Crippen LogP contribution in [-0.2, 0) is 10.5 Å². The first kappa shape index (κ1) is 16.4. The Morgan fingerprint density at radius 1 is 1.35 bits per heavy atom. The molecule has 6 heteroatoms. The topological polar surface area (TPSA) is 42.2 Å². The molecule has 3 nitrogen and oxygen atoms in total. The summed E-state index contributed by atoms with van der Waals surface area (Å²) in [5.74, 6) is 1.99. The Kier molecular flexibility index (Phi) is 5.30. The standard InChI is InChI=1S/C17H16ClNO2S2/c1-11(15-8-12-4-2-3-5-14(12)21-15)19-17(20)10-22-9-13-6-7-16(18)23-13/h2-8,11H,9-10H2,1H3,(H,19,20). The van der Waals surface area contributed by atoms with Crippen LogP contribution in [0.15, 0.2) is 46.9 Å². The van der Waals surface area contributed by atoms with Crippen molar-refractivity contribution in [2.45, 2.75) is 18.7 Å². The van der Waals surface area contributed by atoms with Gasteiger partial charge in [-0.2, -0.15) is 0 Å². The Labute approximate surface area is 148 Å². The maximum atomic E-state index is 12.0. The number of benzene rings is 1. The second kappa shape index (κ2) is 7.43. The van der Waals surface area contributed by atoms with Gasteiger partial charge >= 0.3 is 0 Å². The maximum absolute atomic E-state index is 12.0. The van der Waals surface area contributed by atoms with Gasteiger partial charge in [0.1, 0.15) is 11.3 Å². The lowest BCUT2D eigenvalue weighted by Crippen LogP contribution is -2.27. The van der Waals surface area contributed by atoms with E-state index in [1.54, 1.807) is 23.1 Å². The van der Waals surface area contributed by atoms with E-state index in [0.717, 1.165) is 26.8 Å². The number of furan rings is 1. The van der Waals surface area contributed by atoms with E-state index in [4.69, 9.17) is 16.0 Å². The van der Waals surface area contributed by atoms with Gasteiger partial charge in [0.05, 0.1) is 16.1 Å². The normalized spacial score (nSPS) is 12.4. The Morgan fingerprint density at radius 3 is 2.91 bits per heavy atom. The zero-order chi connectivity index (χ0) is 16.2. The van der Waals surface area contributed by atoms with E-state index in [0.29, 0.717) is 5.75 Å². The highest BCUT2D eigenvalue weighted by Crippen LogP contribution is 2.26. The van der Waals surface area contributed by atoms with Crippen LogP contribution in [0.5, 0.6) is 0 Å². The highest BCUT2D eigenvalue weighted by atomic mass is 35.5. The van der Waals surface area contributed by atoms with Gasteiger partial charge in [0.25, 0.3) is 0 Å². The lowest BCUT2D eigenvalue weighted by Gasteiger charge is -2.10. The maximum Gasteiger partial charge on any atom is 0.230 e. The molecule has 1 amide bonds. The molecule has 1 aromatic carbocycles. The molecule has 23 heavy (non-hydrogen) atoms. The van der Waals surface area contributed by atoms with Crippen molar-refractivity contribution in [2.75, 3.05) is 5.75 Å². The molecular weight excluding hydrogens is 350 g/mol. The Bertz CT molecular complexity index is 779. The zero-order valence-electron chi connectivity index (χ0n) is 12.5. The van der Waals surface area contributed by atoms with Crippen LogP contribution in [0, 0.1) is 0 Å². The molecule has 0 spiro atoms. The van der Waals surface area contributed by atoms with Crippen molar-refractivity contribution in [3.63, 3.8) is 0 Å². The number of nitrogens with one attached hydrogen (secondary N) is 1. The zero-order valence-corrected chi connectivity index (χ0v) is 14.9. The van der Waals surface area contributed by atoms with Crippen molar-refractivity contribution in [1.29, 1.82) is 0 Å². The van der Waals surface area contributed by atoms with E-state index >= 15 is 0 Å². The minimum absolute atomic E-state index is 0.00519. The minimum atomic E-state index is -0.147. The van der Waals surface area contributed by atoms with E-state index in [-0.39, 0.29) is 11.9 Å². The van der Waals surface area contributed by atoms with Crippen LogP contribution in [-0.4, -0.2) is 11.7 Å². The van der Waals surface area contributed by atoms with Crippen LogP contribution in [0.3, 0.4) is 0 Å². The average Bonchev–Trinajstić information content (AvgIpc) is 3.13. The van der Waals surface area contributed by atoms with E-state index in [1.807, 2.05) is 49.4 Å². The molecule has 3 aromatic rings. The number of carbonyl (C=O) groups excluding carboxylic acids is 1. The van der Waals surface area contributed by atoms with Gasteiger partial charge < -0.3 is 9.73 Å².